The Bertz CT molecular complexity index is 317. The molecule has 0 fully saturated rings. The van der Waals surface area contributed by atoms with Crippen LogP contribution in [0.25, 0.3) is 0 Å². The number of Topliss-reactive ketones (excluding diaryl/α,β-unsaturated/α-hetero) is 1. The van der Waals surface area contributed by atoms with E-state index in [0.717, 1.165) is 12.0 Å². The van der Waals surface area contributed by atoms with E-state index in [1.807, 2.05) is 12.1 Å². The van der Waals surface area contributed by atoms with Gasteiger partial charge in [-0.05, 0) is 12.0 Å². The third kappa shape index (κ3) is 0.899. The summed E-state index contributed by atoms with van der Waals surface area (Å²) in [6.07, 6.45) is 1.65. The van der Waals surface area contributed by atoms with E-state index in [0.29, 0.717) is 12.2 Å². The number of hydrogen-bond donors (Lipinski definition) is 0. The smallest absolute Gasteiger partial charge is 0.163 e. The molecule has 0 aliphatic heterocycles. The molecule has 0 N–H and O–H groups in total. The minimum Gasteiger partial charge on any atom is -0.294 e. The summed E-state index contributed by atoms with van der Waals surface area (Å²) < 4.78 is 0. The highest BCUT2D eigenvalue weighted by Crippen LogP contribution is 2.18. The van der Waals surface area contributed by atoms with Crippen LogP contribution in [0.5, 0.6) is 0 Å². The molecule has 0 aromatic heterocycles. The third-order valence-electron chi connectivity index (χ3n) is 2.31. The molecule has 0 spiro atoms. The third-order valence-corrected chi connectivity index (χ3v) is 2.31. The van der Waals surface area contributed by atoms with Gasteiger partial charge in [0.1, 0.15) is 7.85 Å². The molecular formula is C9H9BO. The molecule has 0 radical (unpaired) electrons. The van der Waals surface area contributed by atoms with Crippen molar-refractivity contribution in [3.8, 4) is 0 Å². The maximum atomic E-state index is 11.2. The van der Waals surface area contributed by atoms with Crippen molar-refractivity contribution in [2.24, 2.45) is 0 Å². The lowest BCUT2D eigenvalue weighted by Gasteiger charge is -1.99. The molecular weight excluding hydrogens is 135 g/mol. The van der Waals surface area contributed by atoms with Crippen LogP contribution >= 0.6 is 0 Å². The topological polar surface area (TPSA) is 17.1 Å². The summed E-state index contributed by atoms with van der Waals surface area (Å²) in [6, 6.07) is 5.95. The summed E-state index contributed by atoms with van der Waals surface area (Å²) in [5, 5.41) is 0. The average molecular weight is 144 g/mol. The lowest BCUT2D eigenvalue weighted by molar-refractivity contribution is 0.0994. The number of ketones is 1. The van der Waals surface area contributed by atoms with Crippen LogP contribution in [0.4, 0.5) is 0 Å². The van der Waals surface area contributed by atoms with Gasteiger partial charge in [0.25, 0.3) is 0 Å². The fourth-order valence-electron chi connectivity index (χ4n) is 1.67. The van der Waals surface area contributed by atoms with Crippen molar-refractivity contribution in [1.29, 1.82) is 0 Å². The van der Waals surface area contributed by atoms with Gasteiger partial charge < -0.3 is 0 Å². The molecule has 1 aromatic rings. The van der Waals surface area contributed by atoms with Gasteiger partial charge in [0.2, 0.25) is 0 Å². The Morgan fingerprint density at radius 3 is 2.82 bits per heavy atom. The first-order valence-electron chi connectivity index (χ1n) is 3.91. The van der Waals surface area contributed by atoms with Crippen molar-refractivity contribution in [3.63, 3.8) is 0 Å². The molecule has 0 saturated heterocycles. The van der Waals surface area contributed by atoms with Crippen molar-refractivity contribution in [2.75, 3.05) is 0 Å². The second-order valence-corrected chi connectivity index (χ2v) is 3.02. The first-order valence-corrected chi connectivity index (χ1v) is 3.91. The van der Waals surface area contributed by atoms with Gasteiger partial charge in [-0.3, -0.25) is 4.79 Å². The number of benzene rings is 1. The van der Waals surface area contributed by atoms with Crippen LogP contribution in [-0.2, 0) is 6.42 Å². The summed E-state index contributed by atoms with van der Waals surface area (Å²) >= 11 is 0. The standard InChI is InChI=1S/C9H9BO/c10-8-3-1-2-7-6(8)4-5-9(7)11/h1-3H,4-5,10H2. The molecule has 0 amide bonds. The average Bonchev–Trinajstić information content (AvgIpc) is 2.35. The Kier molecular flexibility index (Phi) is 1.35. The second-order valence-electron chi connectivity index (χ2n) is 3.02. The zero-order chi connectivity index (χ0) is 7.84. The van der Waals surface area contributed by atoms with Crippen molar-refractivity contribution in [1.82, 2.24) is 0 Å². The highest BCUT2D eigenvalue weighted by Gasteiger charge is 2.19. The fourth-order valence-corrected chi connectivity index (χ4v) is 1.67. The molecule has 1 aliphatic rings. The van der Waals surface area contributed by atoms with Gasteiger partial charge in [0.05, 0.1) is 0 Å². The van der Waals surface area contributed by atoms with Crippen LogP contribution < -0.4 is 5.46 Å². The van der Waals surface area contributed by atoms with Crippen LogP contribution in [0.3, 0.4) is 0 Å². The summed E-state index contributed by atoms with van der Waals surface area (Å²) in [7, 11) is 2.07. The van der Waals surface area contributed by atoms with E-state index in [1.165, 1.54) is 11.0 Å². The molecule has 54 valence electrons. The summed E-state index contributed by atoms with van der Waals surface area (Å²) in [5.74, 6) is 0.309. The molecule has 2 heteroatoms. The van der Waals surface area contributed by atoms with Gasteiger partial charge in [0, 0.05) is 12.0 Å². The van der Waals surface area contributed by atoms with Crippen LogP contribution in [0, 0.1) is 0 Å². The highest BCUT2D eigenvalue weighted by molar-refractivity contribution is 6.34. The molecule has 0 heterocycles. The molecule has 0 atom stereocenters. The molecule has 1 aliphatic carbocycles. The lowest BCUT2D eigenvalue weighted by Crippen LogP contribution is -2.09. The minimum atomic E-state index is 0.309. The van der Waals surface area contributed by atoms with Crippen molar-refractivity contribution in [2.45, 2.75) is 12.8 Å². The Morgan fingerprint density at radius 2 is 2.09 bits per heavy atom. The van der Waals surface area contributed by atoms with Crippen LogP contribution in [0.1, 0.15) is 22.3 Å². The van der Waals surface area contributed by atoms with E-state index < -0.39 is 0 Å². The fraction of sp³-hybridized carbons (Fsp3) is 0.222. The van der Waals surface area contributed by atoms with Crippen LogP contribution in [0.2, 0.25) is 0 Å². The van der Waals surface area contributed by atoms with Gasteiger partial charge >= 0.3 is 0 Å². The van der Waals surface area contributed by atoms with Gasteiger partial charge in [-0.1, -0.05) is 23.7 Å². The van der Waals surface area contributed by atoms with Gasteiger partial charge in [0.15, 0.2) is 5.78 Å². The normalized spacial score (nSPS) is 15.1. The maximum absolute atomic E-state index is 11.2. The Balaban J connectivity index is 2.66. The molecule has 0 saturated carbocycles. The zero-order valence-electron chi connectivity index (χ0n) is 6.55. The van der Waals surface area contributed by atoms with Gasteiger partial charge in [-0.2, -0.15) is 0 Å². The zero-order valence-corrected chi connectivity index (χ0v) is 6.55. The molecule has 2 rings (SSSR count). The van der Waals surface area contributed by atoms with Crippen LogP contribution in [-0.4, -0.2) is 13.6 Å². The monoisotopic (exact) mass is 144 g/mol. The minimum absolute atomic E-state index is 0.309. The first-order chi connectivity index (χ1) is 5.29. The Morgan fingerprint density at radius 1 is 1.27 bits per heavy atom. The summed E-state index contributed by atoms with van der Waals surface area (Å²) in [5.41, 5.74) is 3.47. The predicted molar refractivity (Wildman–Crippen MR) is 47.3 cm³/mol. The van der Waals surface area contributed by atoms with Crippen molar-refractivity contribution in [3.05, 3.63) is 29.3 Å². The molecule has 1 nitrogen and oxygen atoms in total. The second kappa shape index (κ2) is 2.23. The number of fused-ring (bicyclic) bond motifs is 1. The summed E-state index contributed by atoms with van der Waals surface area (Å²) in [6.45, 7) is 0. The van der Waals surface area contributed by atoms with Gasteiger partial charge in [-0.25, -0.2) is 0 Å². The molecule has 0 unspecified atom stereocenters. The van der Waals surface area contributed by atoms with E-state index in [-0.39, 0.29) is 0 Å². The molecule has 1 aromatic carbocycles. The number of rotatable bonds is 0. The summed E-state index contributed by atoms with van der Waals surface area (Å²) in [4.78, 5) is 11.2. The van der Waals surface area contributed by atoms with E-state index in [9.17, 15) is 4.79 Å². The largest absolute Gasteiger partial charge is 0.294 e. The van der Waals surface area contributed by atoms with E-state index in [1.54, 1.807) is 0 Å². The molecule has 0 bridgehead atoms. The van der Waals surface area contributed by atoms with E-state index in [4.69, 9.17) is 0 Å². The Labute approximate surface area is 66.8 Å². The maximum Gasteiger partial charge on any atom is 0.163 e. The number of hydrogen-bond acceptors (Lipinski definition) is 1. The number of carbonyl (C=O) groups excluding carboxylic acids is 1. The quantitative estimate of drug-likeness (QED) is 0.471. The van der Waals surface area contributed by atoms with Crippen LogP contribution in [0.15, 0.2) is 18.2 Å². The lowest BCUT2D eigenvalue weighted by atomic mass is 9.89. The Hall–Kier alpha value is -1.05. The SMILES string of the molecule is Bc1cccc2c1CCC2=O. The molecule has 11 heavy (non-hydrogen) atoms. The van der Waals surface area contributed by atoms with Gasteiger partial charge in [-0.15, -0.1) is 0 Å². The first kappa shape index (κ1) is 6.65. The highest BCUT2D eigenvalue weighted by atomic mass is 16.1. The van der Waals surface area contributed by atoms with E-state index >= 15 is 0 Å². The predicted octanol–water partition coefficient (Wildman–Crippen LogP) is 0.0739. The van der Waals surface area contributed by atoms with Crippen molar-refractivity contribution < 1.29 is 4.79 Å². The van der Waals surface area contributed by atoms with E-state index in [2.05, 4.69) is 13.9 Å². The van der Waals surface area contributed by atoms with Crippen molar-refractivity contribution >= 4 is 19.1 Å². The number of carbonyl (C=O) groups is 1.